The largest absolute Gasteiger partial charge is 0.489 e. The Morgan fingerprint density at radius 2 is 1.47 bits per heavy atom. The Hall–Kier alpha value is -0.620. The summed E-state index contributed by atoms with van der Waals surface area (Å²) in [7, 11) is 0. The highest BCUT2D eigenvalue weighted by molar-refractivity contribution is 5.40. The van der Waals surface area contributed by atoms with E-state index in [0.717, 1.165) is 38.5 Å². The van der Waals surface area contributed by atoms with Gasteiger partial charge in [0.25, 0.3) is 0 Å². The molecule has 5 aliphatic rings. The summed E-state index contributed by atoms with van der Waals surface area (Å²) in [6.45, 7) is 19.7. The molecule has 11 atom stereocenters. The molecule has 36 heavy (non-hydrogen) atoms. The van der Waals surface area contributed by atoms with E-state index in [1.807, 2.05) is 0 Å². The van der Waals surface area contributed by atoms with Crippen molar-refractivity contribution in [3.05, 3.63) is 11.3 Å². The fourth-order valence-corrected chi connectivity index (χ4v) is 10.9. The third-order valence-electron chi connectivity index (χ3n) is 13.4. The van der Waals surface area contributed by atoms with Crippen molar-refractivity contribution in [2.75, 3.05) is 0 Å². The van der Waals surface area contributed by atoms with Crippen LogP contribution in [0.25, 0.3) is 0 Å². The molecular formula is C31H52O5. The third kappa shape index (κ3) is 3.04. The zero-order valence-electron chi connectivity index (χ0n) is 24.2. The SMILES string of the molecule is C[C@@H]1C[C@H]([C@H](O)C(C)(C)O)OC2=C1[C@@]1(C)CC[C@]3(C)[C@@H](CC[C@H]4C(C)(C)[C@@H](O)CC[C@@]43C)[C@]1(C)[C@H]2O. The van der Waals surface area contributed by atoms with E-state index in [0.29, 0.717) is 24.0 Å². The monoisotopic (exact) mass is 504 g/mol. The Morgan fingerprint density at radius 3 is 2.08 bits per heavy atom. The van der Waals surface area contributed by atoms with Gasteiger partial charge in [-0.3, -0.25) is 0 Å². The Morgan fingerprint density at radius 1 is 0.889 bits per heavy atom. The van der Waals surface area contributed by atoms with E-state index >= 15 is 0 Å². The molecule has 0 saturated heterocycles. The van der Waals surface area contributed by atoms with Crippen LogP contribution in [0.1, 0.15) is 107 Å². The van der Waals surface area contributed by atoms with Crippen molar-refractivity contribution in [3.8, 4) is 0 Å². The summed E-state index contributed by atoms with van der Waals surface area (Å²) < 4.78 is 6.48. The lowest BCUT2D eigenvalue weighted by molar-refractivity contribution is -0.251. The molecule has 0 aromatic carbocycles. The molecule has 0 unspecified atom stereocenters. The molecule has 0 amide bonds. The first kappa shape index (κ1) is 27.0. The van der Waals surface area contributed by atoms with Crippen molar-refractivity contribution >= 4 is 0 Å². The number of rotatable bonds is 2. The maximum atomic E-state index is 12.2. The summed E-state index contributed by atoms with van der Waals surface area (Å²) in [5.41, 5.74) is -0.469. The summed E-state index contributed by atoms with van der Waals surface area (Å²) in [6.07, 6.45) is 4.31. The van der Waals surface area contributed by atoms with Crippen molar-refractivity contribution in [3.63, 3.8) is 0 Å². The maximum Gasteiger partial charge on any atom is 0.128 e. The van der Waals surface area contributed by atoms with Crippen LogP contribution in [0.2, 0.25) is 0 Å². The van der Waals surface area contributed by atoms with Gasteiger partial charge < -0.3 is 25.2 Å². The minimum absolute atomic E-state index is 0.0619. The van der Waals surface area contributed by atoms with Crippen molar-refractivity contribution in [1.82, 2.24) is 0 Å². The van der Waals surface area contributed by atoms with Crippen LogP contribution in [0, 0.1) is 44.8 Å². The summed E-state index contributed by atoms with van der Waals surface area (Å²) >= 11 is 0. The molecule has 0 radical (unpaired) electrons. The van der Waals surface area contributed by atoms with Gasteiger partial charge in [-0.2, -0.15) is 0 Å². The summed E-state index contributed by atoms with van der Waals surface area (Å²) in [4.78, 5) is 0. The first-order valence-corrected chi connectivity index (χ1v) is 14.5. The van der Waals surface area contributed by atoms with Crippen molar-refractivity contribution in [2.45, 2.75) is 137 Å². The lowest BCUT2D eigenvalue weighted by atomic mass is 9.32. The van der Waals surface area contributed by atoms with Gasteiger partial charge in [0.05, 0.1) is 11.7 Å². The normalized spacial score (nSPS) is 53.0. The Balaban J connectivity index is 1.55. The van der Waals surface area contributed by atoms with Gasteiger partial charge in [-0.15, -0.1) is 0 Å². The first-order chi connectivity index (χ1) is 16.4. The summed E-state index contributed by atoms with van der Waals surface area (Å²) in [5, 5.41) is 44.5. The molecule has 3 saturated carbocycles. The van der Waals surface area contributed by atoms with Gasteiger partial charge in [-0.25, -0.2) is 0 Å². The number of hydrogen-bond acceptors (Lipinski definition) is 5. The molecular weight excluding hydrogens is 452 g/mol. The van der Waals surface area contributed by atoms with Crippen LogP contribution in [-0.4, -0.2) is 50.4 Å². The summed E-state index contributed by atoms with van der Waals surface area (Å²) in [5.74, 6) is 1.66. The van der Waals surface area contributed by atoms with Gasteiger partial charge in [0.15, 0.2) is 0 Å². The second-order valence-electron chi connectivity index (χ2n) is 15.6. The molecule has 3 fully saturated rings. The number of aliphatic hydroxyl groups excluding tert-OH is 3. The van der Waals surface area contributed by atoms with Crippen LogP contribution in [0.4, 0.5) is 0 Å². The van der Waals surface area contributed by atoms with Gasteiger partial charge in [0, 0.05) is 10.8 Å². The smallest absolute Gasteiger partial charge is 0.128 e. The highest BCUT2D eigenvalue weighted by Crippen LogP contribution is 2.78. The highest BCUT2D eigenvalue weighted by atomic mass is 16.5. The van der Waals surface area contributed by atoms with Gasteiger partial charge in [0.1, 0.15) is 24.1 Å². The predicted molar refractivity (Wildman–Crippen MR) is 141 cm³/mol. The quantitative estimate of drug-likeness (QED) is 0.415. The fraction of sp³-hybridized carbons (Fsp3) is 0.935. The Bertz CT molecular complexity index is 949. The second-order valence-corrected chi connectivity index (χ2v) is 15.6. The number of allylic oxidation sites excluding steroid dienone is 1. The van der Waals surface area contributed by atoms with Gasteiger partial charge in [-0.1, -0.05) is 48.5 Å². The average molecular weight is 505 g/mol. The van der Waals surface area contributed by atoms with Crippen molar-refractivity contribution < 1.29 is 25.2 Å². The number of hydrogen-bond donors (Lipinski definition) is 4. The van der Waals surface area contributed by atoms with Gasteiger partial charge >= 0.3 is 0 Å². The van der Waals surface area contributed by atoms with Crippen LogP contribution >= 0.6 is 0 Å². The minimum Gasteiger partial charge on any atom is -0.489 e. The third-order valence-corrected chi connectivity index (χ3v) is 13.4. The Labute approximate surface area is 218 Å². The fourth-order valence-electron chi connectivity index (χ4n) is 10.9. The molecule has 1 aliphatic heterocycles. The van der Waals surface area contributed by atoms with Crippen LogP contribution in [0.15, 0.2) is 11.3 Å². The van der Waals surface area contributed by atoms with E-state index in [1.165, 1.54) is 5.57 Å². The van der Waals surface area contributed by atoms with Crippen LogP contribution < -0.4 is 0 Å². The molecule has 0 aromatic heterocycles. The number of aliphatic hydroxyl groups is 4. The van der Waals surface area contributed by atoms with Crippen LogP contribution in [0.3, 0.4) is 0 Å². The number of ether oxygens (including phenoxy) is 1. The van der Waals surface area contributed by atoms with E-state index < -0.39 is 23.9 Å². The first-order valence-electron chi connectivity index (χ1n) is 14.5. The molecule has 1 heterocycles. The minimum atomic E-state index is -1.27. The lowest BCUT2D eigenvalue weighted by Gasteiger charge is -2.72. The van der Waals surface area contributed by atoms with Crippen molar-refractivity contribution in [1.29, 1.82) is 0 Å². The van der Waals surface area contributed by atoms with E-state index in [-0.39, 0.29) is 39.1 Å². The lowest BCUT2D eigenvalue weighted by Crippen LogP contribution is -2.67. The molecule has 5 heteroatoms. The van der Waals surface area contributed by atoms with Crippen LogP contribution in [0.5, 0.6) is 0 Å². The molecule has 206 valence electrons. The van der Waals surface area contributed by atoms with Crippen molar-refractivity contribution in [2.24, 2.45) is 44.8 Å². The zero-order chi connectivity index (χ0) is 26.9. The predicted octanol–water partition coefficient (Wildman–Crippen LogP) is 5.20. The number of fused-ring (bicyclic) bond motifs is 6. The maximum absolute atomic E-state index is 12.2. The topological polar surface area (TPSA) is 90.2 Å². The van der Waals surface area contributed by atoms with E-state index in [1.54, 1.807) is 13.8 Å². The second kappa shape index (κ2) is 7.73. The average Bonchev–Trinajstić information content (AvgIpc) is 2.95. The summed E-state index contributed by atoms with van der Waals surface area (Å²) in [6, 6.07) is 0. The highest BCUT2D eigenvalue weighted by Gasteiger charge is 2.74. The van der Waals surface area contributed by atoms with Gasteiger partial charge in [-0.05, 0) is 98.4 Å². The van der Waals surface area contributed by atoms with Crippen LogP contribution in [-0.2, 0) is 4.74 Å². The van der Waals surface area contributed by atoms with E-state index in [9.17, 15) is 20.4 Å². The molecule has 4 aliphatic carbocycles. The molecule has 0 bridgehead atoms. The van der Waals surface area contributed by atoms with Gasteiger partial charge in [0.2, 0.25) is 0 Å². The molecule has 5 rings (SSSR count). The zero-order valence-corrected chi connectivity index (χ0v) is 24.2. The molecule has 0 aromatic rings. The molecule has 0 spiro atoms. The molecule has 5 nitrogen and oxygen atoms in total. The standard InChI is InChI=1S/C31H52O5/c1-17-16-18(24(33)27(4,5)35)36-23-22(17)30(8)15-14-29(7)20(31(30,9)25(23)34)11-10-19-26(2,3)21(32)12-13-28(19,29)6/h17-21,24-25,32-35H,10-16H2,1-9H3/t17-,18-,19+,20-,21+,24+,25+,28+,29-,30-,31-/m1/s1. The van der Waals surface area contributed by atoms with E-state index in [2.05, 4.69) is 48.5 Å². The molecule has 4 N–H and O–H groups in total. The van der Waals surface area contributed by atoms with E-state index in [4.69, 9.17) is 4.74 Å². The Kier molecular flexibility index (Phi) is 5.79.